The summed E-state index contributed by atoms with van der Waals surface area (Å²) >= 11 is 0. The van der Waals surface area contributed by atoms with Gasteiger partial charge < -0.3 is 10.2 Å². The molecule has 2 aliphatic rings. The van der Waals surface area contributed by atoms with Gasteiger partial charge in [-0.25, -0.2) is 0 Å². The van der Waals surface area contributed by atoms with Crippen LogP contribution in [0, 0.1) is 5.92 Å². The number of amides is 2. The van der Waals surface area contributed by atoms with Gasteiger partial charge in [-0.2, -0.15) is 0 Å². The molecular formula is C12H18N2O2. The molecule has 2 unspecified atom stereocenters. The highest BCUT2D eigenvalue weighted by Crippen LogP contribution is 2.21. The highest BCUT2D eigenvalue weighted by Gasteiger charge is 2.32. The Balaban J connectivity index is 1.98. The van der Waals surface area contributed by atoms with E-state index in [0.29, 0.717) is 5.92 Å². The molecule has 88 valence electrons. The van der Waals surface area contributed by atoms with Crippen molar-refractivity contribution in [1.29, 1.82) is 0 Å². The average molecular weight is 222 g/mol. The molecule has 0 saturated carbocycles. The normalized spacial score (nSPS) is 30.4. The molecule has 0 aromatic heterocycles. The van der Waals surface area contributed by atoms with Crippen molar-refractivity contribution in [3.8, 4) is 0 Å². The summed E-state index contributed by atoms with van der Waals surface area (Å²) < 4.78 is 0. The first-order chi connectivity index (χ1) is 7.68. The molecule has 2 rings (SSSR count). The van der Waals surface area contributed by atoms with E-state index in [1.54, 1.807) is 11.8 Å². The fraction of sp³-hybridized carbons (Fsp3) is 0.667. The first-order valence-electron chi connectivity index (χ1n) is 5.90. The predicted octanol–water partition coefficient (Wildman–Crippen LogP) is 0.690. The standard InChI is InChI=1S/C12H18N2O2/c1-9-12(16)13-7-11(15)14(9)8-10-5-3-2-4-6-10/h2-3,9-10H,4-8H2,1H3,(H,13,16). The molecule has 1 saturated heterocycles. The van der Waals surface area contributed by atoms with Crippen LogP contribution in [0.1, 0.15) is 26.2 Å². The lowest BCUT2D eigenvalue weighted by atomic mass is 9.93. The minimum Gasteiger partial charge on any atom is -0.345 e. The van der Waals surface area contributed by atoms with E-state index in [-0.39, 0.29) is 24.4 Å². The highest BCUT2D eigenvalue weighted by molar-refractivity contribution is 5.94. The molecule has 0 bridgehead atoms. The van der Waals surface area contributed by atoms with E-state index in [4.69, 9.17) is 0 Å². The number of hydrogen-bond donors (Lipinski definition) is 1. The van der Waals surface area contributed by atoms with Gasteiger partial charge in [-0.3, -0.25) is 9.59 Å². The summed E-state index contributed by atoms with van der Waals surface area (Å²) in [6.45, 7) is 2.68. The summed E-state index contributed by atoms with van der Waals surface area (Å²) in [6, 6.07) is -0.313. The molecule has 16 heavy (non-hydrogen) atoms. The molecule has 1 aliphatic heterocycles. The summed E-state index contributed by atoms with van der Waals surface area (Å²) in [4.78, 5) is 24.9. The van der Waals surface area contributed by atoms with Crippen LogP contribution in [0.3, 0.4) is 0 Å². The third-order valence-corrected chi connectivity index (χ3v) is 3.41. The highest BCUT2D eigenvalue weighted by atomic mass is 16.2. The SMILES string of the molecule is CC1C(=O)NCC(=O)N1CC1CC=CCC1. The van der Waals surface area contributed by atoms with Crippen LogP contribution in [0.15, 0.2) is 12.2 Å². The van der Waals surface area contributed by atoms with Crippen LogP contribution >= 0.6 is 0 Å². The van der Waals surface area contributed by atoms with Gasteiger partial charge in [-0.05, 0) is 32.1 Å². The molecule has 2 amide bonds. The molecule has 0 aromatic rings. The number of rotatable bonds is 2. The Morgan fingerprint density at radius 2 is 2.25 bits per heavy atom. The Morgan fingerprint density at radius 1 is 1.44 bits per heavy atom. The van der Waals surface area contributed by atoms with Crippen LogP contribution in [0.25, 0.3) is 0 Å². The molecule has 4 nitrogen and oxygen atoms in total. The molecule has 0 radical (unpaired) electrons. The van der Waals surface area contributed by atoms with Gasteiger partial charge in [0.25, 0.3) is 0 Å². The summed E-state index contributed by atoms with van der Waals surface area (Å²) in [6.07, 6.45) is 7.60. The van der Waals surface area contributed by atoms with E-state index in [2.05, 4.69) is 17.5 Å². The zero-order chi connectivity index (χ0) is 11.5. The minimum absolute atomic E-state index is 0.0362. The molecule has 1 heterocycles. The van der Waals surface area contributed by atoms with Crippen LogP contribution in [-0.4, -0.2) is 35.8 Å². The van der Waals surface area contributed by atoms with Gasteiger partial charge in [0.15, 0.2) is 0 Å². The molecule has 1 fully saturated rings. The lowest BCUT2D eigenvalue weighted by Gasteiger charge is -2.35. The van der Waals surface area contributed by atoms with Gasteiger partial charge >= 0.3 is 0 Å². The van der Waals surface area contributed by atoms with Gasteiger partial charge in [0.1, 0.15) is 6.04 Å². The lowest BCUT2D eigenvalue weighted by Crippen LogP contribution is -2.58. The van der Waals surface area contributed by atoms with E-state index in [0.717, 1.165) is 25.8 Å². The number of carbonyl (C=O) groups excluding carboxylic acids is 2. The van der Waals surface area contributed by atoms with E-state index >= 15 is 0 Å². The number of allylic oxidation sites excluding steroid dienone is 2. The van der Waals surface area contributed by atoms with Crippen molar-refractivity contribution in [3.05, 3.63) is 12.2 Å². The predicted molar refractivity (Wildman–Crippen MR) is 60.7 cm³/mol. The largest absolute Gasteiger partial charge is 0.345 e. The van der Waals surface area contributed by atoms with Gasteiger partial charge in [0.2, 0.25) is 11.8 Å². The van der Waals surface area contributed by atoms with Crippen molar-refractivity contribution in [2.45, 2.75) is 32.2 Å². The monoisotopic (exact) mass is 222 g/mol. The Morgan fingerprint density at radius 3 is 2.94 bits per heavy atom. The molecule has 1 N–H and O–H groups in total. The maximum absolute atomic E-state index is 11.7. The van der Waals surface area contributed by atoms with Crippen LogP contribution in [0.4, 0.5) is 0 Å². The van der Waals surface area contributed by atoms with Crippen LogP contribution in [0.5, 0.6) is 0 Å². The Hall–Kier alpha value is -1.32. The average Bonchev–Trinajstić information content (AvgIpc) is 2.31. The summed E-state index contributed by atoms with van der Waals surface area (Å²) in [5.74, 6) is 0.523. The molecule has 4 heteroatoms. The number of carbonyl (C=O) groups is 2. The zero-order valence-corrected chi connectivity index (χ0v) is 9.61. The zero-order valence-electron chi connectivity index (χ0n) is 9.61. The fourth-order valence-electron chi connectivity index (χ4n) is 2.33. The third-order valence-electron chi connectivity index (χ3n) is 3.41. The summed E-state index contributed by atoms with van der Waals surface area (Å²) in [5, 5.41) is 2.60. The van der Waals surface area contributed by atoms with E-state index in [1.807, 2.05) is 0 Å². The molecule has 2 atom stereocenters. The molecular weight excluding hydrogens is 204 g/mol. The smallest absolute Gasteiger partial charge is 0.242 e. The van der Waals surface area contributed by atoms with E-state index in [9.17, 15) is 9.59 Å². The summed E-state index contributed by atoms with van der Waals surface area (Å²) in [5.41, 5.74) is 0. The topological polar surface area (TPSA) is 49.4 Å². The second kappa shape index (κ2) is 4.68. The maximum Gasteiger partial charge on any atom is 0.242 e. The first kappa shape index (κ1) is 11.2. The Bertz CT molecular complexity index is 325. The number of nitrogens with zero attached hydrogens (tertiary/aromatic N) is 1. The van der Waals surface area contributed by atoms with Crippen LogP contribution in [0.2, 0.25) is 0 Å². The van der Waals surface area contributed by atoms with E-state index in [1.165, 1.54) is 0 Å². The molecule has 1 aliphatic carbocycles. The van der Waals surface area contributed by atoms with Crippen LogP contribution < -0.4 is 5.32 Å². The Kier molecular flexibility index (Phi) is 3.27. The molecule has 0 aromatic carbocycles. The van der Waals surface area contributed by atoms with Gasteiger partial charge in [-0.15, -0.1) is 0 Å². The lowest BCUT2D eigenvalue weighted by molar-refractivity contribution is -0.145. The van der Waals surface area contributed by atoms with Crippen molar-refractivity contribution in [1.82, 2.24) is 10.2 Å². The maximum atomic E-state index is 11.7. The summed E-state index contributed by atoms with van der Waals surface area (Å²) in [7, 11) is 0. The second-order valence-corrected chi connectivity index (χ2v) is 4.59. The minimum atomic E-state index is -0.313. The third kappa shape index (κ3) is 2.26. The van der Waals surface area contributed by atoms with Crippen molar-refractivity contribution >= 4 is 11.8 Å². The quantitative estimate of drug-likeness (QED) is 0.699. The van der Waals surface area contributed by atoms with Crippen molar-refractivity contribution in [3.63, 3.8) is 0 Å². The van der Waals surface area contributed by atoms with Gasteiger partial charge in [0.05, 0.1) is 6.54 Å². The number of nitrogens with one attached hydrogen (secondary N) is 1. The van der Waals surface area contributed by atoms with Crippen molar-refractivity contribution in [2.24, 2.45) is 5.92 Å². The van der Waals surface area contributed by atoms with Gasteiger partial charge in [-0.1, -0.05) is 12.2 Å². The number of hydrogen-bond acceptors (Lipinski definition) is 2. The Labute approximate surface area is 95.7 Å². The number of piperazine rings is 1. The van der Waals surface area contributed by atoms with E-state index < -0.39 is 0 Å². The first-order valence-corrected chi connectivity index (χ1v) is 5.90. The van der Waals surface area contributed by atoms with Gasteiger partial charge in [0, 0.05) is 6.54 Å². The van der Waals surface area contributed by atoms with Crippen molar-refractivity contribution in [2.75, 3.05) is 13.1 Å². The second-order valence-electron chi connectivity index (χ2n) is 4.59. The molecule has 0 spiro atoms. The fourth-order valence-corrected chi connectivity index (χ4v) is 2.33. The van der Waals surface area contributed by atoms with Crippen LogP contribution in [-0.2, 0) is 9.59 Å². The van der Waals surface area contributed by atoms with Crippen molar-refractivity contribution < 1.29 is 9.59 Å².